The van der Waals surface area contributed by atoms with Crippen molar-refractivity contribution in [2.75, 3.05) is 13.7 Å². The Morgan fingerprint density at radius 3 is 3.08 bits per heavy atom. The third-order valence-electron chi connectivity index (χ3n) is 1.78. The lowest BCUT2D eigenvalue weighted by molar-refractivity contribution is 0.191. The number of aromatic nitrogens is 3. The monoisotopic (exact) mass is 203 g/mol. The average molecular weight is 204 g/mol. The van der Waals surface area contributed by atoms with Crippen molar-refractivity contribution in [3.05, 3.63) is 12.2 Å². The first kappa shape index (κ1) is 10.5. The van der Waals surface area contributed by atoms with E-state index in [1.165, 1.54) is 6.33 Å². The van der Waals surface area contributed by atoms with E-state index in [0.29, 0.717) is 5.88 Å². The van der Waals surface area contributed by atoms with E-state index in [-0.39, 0.29) is 0 Å². The van der Waals surface area contributed by atoms with Crippen LogP contribution in [0, 0.1) is 0 Å². The van der Waals surface area contributed by atoms with E-state index in [1.807, 2.05) is 4.68 Å². The minimum absolute atomic E-state index is 0.421. The molecule has 5 heteroatoms. The van der Waals surface area contributed by atoms with Crippen molar-refractivity contribution in [1.82, 2.24) is 14.8 Å². The van der Waals surface area contributed by atoms with Crippen molar-refractivity contribution in [1.29, 1.82) is 0 Å². The van der Waals surface area contributed by atoms with Crippen LogP contribution in [0.4, 0.5) is 0 Å². The zero-order valence-corrected chi connectivity index (χ0v) is 8.50. The Bertz CT molecular complexity index is 239. The first-order valence-corrected chi connectivity index (χ1v) is 4.83. The maximum Gasteiger partial charge on any atom is 0.141 e. The summed E-state index contributed by atoms with van der Waals surface area (Å²) in [6.45, 7) is 1.66. The highest BCUT2D eigenvalue weighted by Crippen LogP contribution is 2.01. The number of halogens is 1. The fourth-order valence-electron chi connectivity index (χ4n) is 1.09. The molecule has 1 aromatic rings. The Kier molecular flexibility index (Phi) is 4.78. The van der Waals surface area contributed by atoms with Crippen LogP contribution in [0.25, 0.3) is 0 Å². The molecule has 0 amide bonds. The third kappa shape index (κ3) is 3.32. The van der Waals surface area contributed by atoms with Gasteiger partial charge in [-0.15, -0.1) is 11.6 Å². The van der Waals surface area contributed by atoms with Crippen LogP contribution in [0.15, 0.2) is 6.33 Å². The standard InChI is InChI=1S/C8H14ClN3O/c1-13-5-3-2-4-12-8(6-9)10-7-11-12/h7H,2-6H2,1H3. The lowest BCUT2D eigenvalue weighted by Crippen LogP contribution is -2.05. The first-order chi connectivity index (χ1) is 6.38. The smallest absolute Gasteiger partial charge is 0.141 e. The topological polar surface area (TPSA) is 39.9 Å². The van der Waals surface area contributed by atoms with E-state index >= 15 is 0 Å². The van der Waals surface area contributed by atoms with Gasteiger partial charge in [-0.25, -0.2) is 9.67 Å². The number of rotatable bonds is 6. The molecule has 0 aliphatic rings. The van der Waals surface area contributed by atoms with E-state index in [4.69, 9.17) is 16.3 Å². The summed E-state index contributed by atoms with van der Waals surface area (Å²) in [5.74, 6) is 1.25. The second-order valence-electron chi connectivity index (χ2n) is 2.73. The van der Waals surface area contributed by atoms with Crippen molar-refractivity contribution in [2.45, 2.75) is 25.3 Å². The predicted octanol–water partition coefficient (Wildman–Crippen LogP) is 1.44. The van der Waals surface area contributed by atoms with Gasteiger partial charge in [0.25, 0.3) is 0 Å². The molecular weight excluding hydrogens is 190 g/mol. The molecular formula is C8H14ClN3O. The van der Waals surface area contributed by atoms with Crippen LogP contribution in [-0.4, -0.2) is 28.5 Å². The Hall–Kier alpha value is -0.610. The van der Waals surface area contributed by atoms with Gasteiger partial charge in [0.2, 0.25) is 0 Å². The molecule has 0 N–H and O–H groups in total. The van der Waals surface area contributed by atoms with Gasteiger partial charge in [-0.2, -0.15) is 5.10 Å². The Labute approximate surface area is 82.9 Å². The molecule has 4 nitrogen and oxygen atoms in total. The van der Waals surface area contributed by atoms with Crippen molar-refractivity contribution in [2.24, 2.45) is 0 Å². The van der Waals surface area contributed by atoms with E-state index in [0.717, 1.165) is 31.8 Å². The summed E-state index contributed by atoms with van der Waals surface area (Å²) >= 11 is 5.67. The molecule has 1 aromatic heterocycles. The van der Waals surface area contributed by atoms with Gasteiger partial charge >= 0.3 is 0 Å². The van der Waals surface area contributed by atoms with Crippen LogP contribution in [0.2, 0.25) is 0 Å². The zero-order chi connectivity index (χ0) is 9.52. The summed E-state index contributed by atoms with van der Waals surface area (Å²) < 4.78 is 6.78. The molecule has 0 radical (unpaired) electrons. The van der Waals surface area contributed by atoms with E-state index in [1.54, 1.807) is 7.11 Å². The highest BCUT2D eigenvalue weighted by atomic mass is 35.5. The minimum Gasteiger partial charge on any atom is -0.385 e. The first-order valence-electron chi connectivity index (χ1n) is 4.30. The van der Waals surface area contributed by atoms with E-state index < -0.39 is 0 Å². The van der Waals surface area contributed by atoms with Crippen LogP contribution >= 0.6 is 11.6 Å². The SMILES string of the molecule is COCCCCn1ncnc1CCl. The molecule has 0 fully saturated rings. The lowest BCUT2D eigenvalue weighted by atomic mass is 10.3. The summed E-state index contributed by atoms with van der Waals surface area (Å²) in [7, 11) is 1.71. The van der Waals surface area contributed by atoms with E-state index in [2.05, 4.69) is 10.1 Å². The van der Waals surface area contributed by atoms with Gasteiger partial charge in [0.1, 0.15) is 12.2 Å². The number of hydrogen-bond acceptors (Lipinski definition) is 3. The molecule has 0 unspecified atom stereocenters. The van der Waals surface area contributed by atoms with Crippen LogP contribution in [0.3, 0.4) is 0 Å². The van der Waals surface area contributed by atoms with Crippen molar-refractivity contribution in [3.63, 3.8) is 0 Å². The lowest BCUT2D eigenvalue weighted by Gasteiger charge is -2.02. The zero-order valence-electron chi connectivity index (χ0n) is 7.74. The number of ether oxygens (including phenoxy) is 1. The van der Waals surface area contributed by atoms with Gasteiger partial charge in [0.15, 0.2) is 0 Å². The van der Waals surface area contributed by atoms with Crippen LogP contribution < -0.4 is 0 Å². The van der Waals surface area contributed by atoms with Crippen molar-refractivity contribution < 1.29 is 4.74 Å². The van der Waals surface area contributed by atoms with Crippen molar-refractivity contribution >= 4 is 11.6 Å². The maximum absolute atomic E-state index is 5.67. The summed E-state index contributed by atoms with van der Waals surface area (Å²) in [6, 6.07) is 0. The van der Waals surface area contributed by atoms with Gasteiger partial charge in [-0.1, -0.05) is 0 Å². The third-order valence-corrected chi connectivity index (χ3v) is 2.02. The van der Waals surface area contributed by atoms with Crippen LogP contribution in [0.1, 0.15) is 18.7 Å². The van der Waals surface area contributed by atoms with Gasteiger partial charge < -0.3 is 4.74 Å². The second-order valence-corrected chi connectivity index (χ2v) is 3.00. The quantitative estimate of drug-likeness (QED) is 0.519. The number of alkyl halides is 1. The summed E-state index contributed by atoms with van der Waals surface area (Å²) in [4.78, 5) is 4.02. The van der Waals surface area contributed by atoms with E-state index in [9.17, 15) is 0 Å². The molecule has 0 spiro atoms. The molecule has 0 saturated carbocycles. The molecule has 0 bridgehead atoms. The number of hydrogen-bond donors (Lipinski definition) is 0. The number of nitrogens with zero attached hydrogens (tertiary/aromatic N) is 3. The van der Waals surface area contributed by atoms with Crippen LogP contribution in [0.5, 0.6) is 0 Å². The minimum atomic E-state index is 0.421. The summed E-state index contributed by atoms with van der Waals surface area (Å²) in [5, 5.41) is 4.06. The predicted molar refractivity (Wildman–Crippen MR) is 50.7 cm³/mol. The fraction of sp³-hybridized carbons (Fsp3) is 0.750. The molecule has 0 aromatic carbocycles. The van der Waals surface area contributed by atoms with Gasteiger partial charge in [-0.3, -0.25) is 0 Å². The average Bonchev–Trinajstić information content (AvgIpc) is 2.60. The summed E-state index contributed by atoms with van der Waals surface area (Å²) in [5.41, 5.74) is 0. The molecule has 0 atom stereocenters. The molecule has 0 saturated heterocycles. The number of methoxy groups -OCH3 is 1. The maximum atomic E-state index is 5.67. The Morgan fingerprint density at radius 1 is 1.54 bits per heavy atom. The normalized spacial score (nSPS) is 10.6. The molecule has 74 valence electrons. The fourth-order valence-corrected chi connectivity index (χ4v) is 1.29. The van der Waals surface area contributed by atoms with Gasteiger partial charge in [0.05, 0.1) is 5.88 Å². The Balaban J connectivity index is 2.27. The molecule has 0 aliphatic heterocycles. The number of unbranched alkanes of at least 4 members (excludes halogenated alkanes) is 1. The molecule has 13 heavy (non-hydrogen) atoms. The van der Waals surface area contributed by atoms with Gasteiger partial charge in [-0.05, 0) is 12.8 Å². The summed E-state index contributed by atoms with van der Waals surface area (Å²) in [6.07, 6.45) is 3.62. The second kappa shape index (κ2) is 5.94. The molecule has 1 rings (SSSR count). The van der Waals surface area contributed by atoms with Gasteiger partial charge in [0, 0.05) is 20.3 Å². The highest BCUT2D eigenvalue weighted by Gasteiger charge is 2.00. The largest absolute Gasteiger partial charge is 0.385 e. The Morgan fingerprint density at radius 2 is 2.38 bits per heavy atom. The molecule has 1 heterocycles. The number of aryl methyl sites for hydroxylation is 1. The highest BCUT2D eigenvalue weighted by molar-refractivity contribution is 6.16. The van der Waals surface area contributed by atoms with Crippen LogP contribution in [-0.2, 0) is 17.2 Å². The van der Waals surface area contributed by atoms with Crippen molar-refractivity contribution in [3.8, 4) is 0 Å². The molecule has 0 aliphatic carbocycles.